The number of hydrogen-bond acceptors (Lipinski definition) is 1. The van der Waals surface area contributed by atoms with Crippen molar-refractivity contribution in [3.63, 3.8) is 0 Å². The molecule has 2 aromatic rings. The number of carbonyl (C=O) groups excluding carboxylic acids is 1. The van der Waals surface area contributed by atoms with E-state index in [0.717, 1.165) is 17.4 Å². The van der Waals surface area contributed by atoms with Crippen LogP contribution in [-0.4, -0.2) is 6.29 Å². The Hall–Kier alpha value is -2.33. The smallest absolute Gasteiger partial charge is 0.128 e. The van der Waals surface area contributed by atoms with Crippen LogP contribution in [0.5, 0.6) is 0 Å². The van der Waals surface area contributed by atoms with Gasteiger partial charge in [-0.25, -0.2) is 0 Å². The maximum absolute atomic E-state index is 11.1. The molecule has 0 bridgehead atoms. The standard InChI is InChI=1S/C17H14O/c18-14-17(16-11-5-2-6-12-16)13-7-10-15-8-3-1-4-9-15/h1-6,8-9,11-12,14,17H,13H2. The first-order valence-electron chi connectivity index (χ1n) is 5.94. The molecule has 0 spiro atoms. The van der Waals surface area contributed by atoms with Crippen molar-refractivity contribution in [2.24, 2.45) is 0 Å². The molecular weight excluding hydrogens is 220 g/mol. The first-order chi connectivity index (χ1) is 8.90. The second-order valence-electron chi connectivity index (χ2n) is 4.03. The predicted molar refractivity (Wildman–Crippen MR) is 73.2 cm³/mol. The molecule has 0 saturated carbocycles. The molecule has 88 valence electrons. The van der Waals surface area contributed by atoms with Crippen molar-refractivity contribution in [2.75, 3.05) is 0 Å². The van der Waals surface area contributed by atoms with E-state index in [4.69, 9.17) is 0 Å². The van der Waals surface area contributed by atoms with E-state index in [1.54, 1.807) is 0 Å². The molecule has 1 unspecified atom stereocenters. The van der Waals surface area contributed by atoms with Crippen LogP contribution < -0.4 is 0 Å². The fourth-order valence-corrected chi connectivity index (χ4v) is 1.73. The van der Waals surface area contributed by atoms with Gasteiger partial charge in [0.05, 0.1) is 5.92 Å². The number of rotatable bonds is 3. The van der Waals surface area contributed by atoms with E-state index in [1.807, 2.05) is 60.7 Å². The predicted octanol–water partition coefficient (Wildman–Crippen LogP) is 3.41. The molecule has 0 fully saturated rings. The SMILES string of the molecule is O=CC(CC#Cc1ccccc1)c1ccccc1. The molecule has 0 radical (unpaired) electrons. The quantitative estimate of drug-likeness (QED) is 0.587. The van der Waals surface area contributed by atoms with E-state index in [9.17, 15) is 4.79 Å². The van der Waals surface area contributed by atoms with Gasteiger partial charge in [0.1, 0.15) is 6.29 Å². The third-order valence-electron chi connectivity index (χ3n) is 2.72. The topological polar surface area (TPSA) is 17.1 Å². The van der Waals surface area contributed by atoms with Gasteiger partial charge in [-0.15, -0.1) is 0 Å². The van der Waals surface area contributed by atoms with E-state index in [1.165, 1.54) is 0 Å². The largest absolute Gasteiger partial charge is 0.303 e. The van der Waals surface area contributed by atoms with E-state index < -0.39 is 0 Å². The molecule has 0 aliphatic carbocycles. The van der Waals surface area contributed by atoms with Gasteiger partial charge in [-0.1, -0.05) is 60.4 Å². The minimum Gasteiger partial charge on any atom is -0.303 e. The lowest BCUT2D eigenvalue weighted by Gasteiger charge is -2.05. The van der Waals surface area contributed by atoms with Crippen molar-refractivity contribution in [1.82, 2.24) is 0 Å². The van der Waals surface area contributed by atoms with Crippen LogP contribution in [0.3, 0.4) is 0 Å². The Balaban J connectivity index is 2.05. The van der Waals surface area contributed by atoms with Crippen molar-refractivity contribution >= 4 is 6.29 Å². The summed E-state index contributed by atoms with van der Waals surface area (Å²) in [4.78, 5) is 11.1. The van der Waals surface area contributed by atoms with Gasteiger partial charge in [-0.3, -0.25) is 0 Å². The molecule has 0 N–H and O–H groups in total. The van der Waals surface area contributed by atoms with Crippen LogP contribution in [0.1, 0.15) is 23.5 Å². The molecule has 18 heavy (non-hydrogen) atoms. The Bertz CT molecular complexity index is 546. The molecule has 0 aliphatic rings. The third-order valence-corrected chi connectivity index (χ3v) is 2.72. The molecule has 0 aromatic heterocycles. The van der Waals surface area contributed by atoms with Gasteiger partial charge in [0.15, 0.2) is 0 Å². The fraction of sp³-hybridized carbons (Fsp3) is 0.118. The van der Waals surface area contributed by atoms with Crippen LogP contribution in [0.4, 0.5) is 0 Å². The summed E-state index contributed by atoms with van der Waals surface area (Å²) in [6, 6.07) is 19.6. The number of hydrogen-bond donors (Lipinski definition) is 0. The van der Waals surface area contributed by atoms with Crippen LogP contribution in [-0.2, 0) is 4.79 Å². The minimum atomic E-state index is -0.137. The number of aldehydes is 1. The van der Waals surface area contributed by atoms with Crippen LogP contribution in [0.15, 0.2) is 60.7 Å². The van der Waals surface area contributed by atoms with Crippen molar-refractivity contribution < 1.29 is 4.79 Å². The van der Waals surface area contributed by atoms with Gasteiger partial charge >= 0.3 is 0 Å². The molecular formula is C17H14O. The van der Waals surface area contributed by atoms with Gasteiger partial charge in [0.25, 0.3) is 0 Å². The molecule has 1 heteroatoms. The second-order valence-corrected chi connectivity index (χ2v) is 4.03. The van der Waals surface area contributed by atoms with E-state index >= 15 is 0 Å². The van der Waals surface area contributed by atoms with Gasteiger partial charge in [0.2, 0.25) is 0 Å². The van der Waals surface area contributed by atoms with Crippen molar-refractivity contribution in [1.29, 1.82) is 0 Å². The Labute approximate surface area is 107 Å². The highest BCUT2D eigenvalue weighted by Crippen LogP contribution is 2.16. The summed E-state index contributed by atoms with van der Waals surface area (Å²) in [5.74, 6) is 6.00. The van der Waals surface area contributed by atoms with Crippen molar-refractivity contribution in [3.05, 3.63) is 71.8 Å². The van der Waals surface area contributed by atoms with Crippen molar-refractivity contribution in [2.45, 2.75) is 12.3 Å². The molecule has 0 amide bonds. The van der Waals surface area contributed by atoms with Gasteiger partial charge < -0.3 is 4.79 Å². The first-order valence-corrected chi connectivity index (χ1v) is 5.94. The summed E-state index contributed by atoms with van der Waals surface area (Å²) in [5, 5.41) is 0. The summed E-state index contributed by atoms with van der Waals surface area (Å²) in [7, 11) is 0. The maximum atomic E-state index is 11.1. The minimum absolute atomic E-state index is 0.137. The van der Waals surface area contributed by atoms with Crippen molar-refractivity contribution in [3.8, 4) is 11.8 Å². The van der Waals surface area contributed by atoms with Gasteiger partial charge in [-0.2, -0.15) is 0 Å². The normalized spacial score (nSPS) is 11.1. The Kier molecular flexibility index (Phi) is 4.33. The summed E-state index contributed by atoms with van der Waals surface area (Å²) in [5.41, 5.74) is 2.00. The summed E-state index contributed by atoms with van der Waals surface area (Å²) >= 11 is 0. The van der Waals surface area contributed by atoms with Crippen LogP contribution in [0.2, 0.25) is 0 Å². The highest BCUT2D eigenvalue weighted by atomic mass is 16.1. The average Bonchev–Trinajstić information content (AvgIpc) is 2.46. The molecule has 0 aliphatic heterocycles. The fourth-order valence-electron chi connectivity index (χ4n) is 1.73. The summed E-state index contributed by atoms with van der Waals surface area (Å²) in [6.07, 6.45) is 1.53. The Morgan fingerprint density at radius 2 is 1.56 bits per heavy atom. The monoisotopic (exact) mass is 234 g/mol. The zero-order valence-corrected chi connectivity index (χ0v) is 10.0. The summed E-state index contributed by atoms with van der Waals surface area (Å²) in [6.45, 7) is 0. The third kappa shape index (κ3) is 3.33. The van der Waals surface area contributed by atoms with Crippen LogP contribution >= 0.6 is 0 Å². The van der Waals surface area contributed by atoms with Crippen LogP contribution in [0.25, 0.3) is 0 Å². The van der Waals surface area contributed by atoms with Gasteiger partial charge in [0, 0.05) is 12.0 Å². The average molecular weight is 234 g/mol. The first kappa shape index (κ1) is 12.1. The lowest BCUT2D eigenvalue weighted by molar-refractivity contribution is -0.109. The maximum Gasteiger partial charge on any atom is 0.128 e. The Morgan fingerprint density at radius 3 is 2.17 bits per heavy atom. The molecule has 0 heterocycles. The van der Waals surface area contributed by atoms with Gasteiger partial charge in [-0.05, 0) is 17.7 Å². The molecule has 2 rings (SSSR count). The zero-order valence-electron chi connectivity index (χ0n) is 10.0. The second kappa shape index (κ2) is 6.42. The summed E-state index contributed by atoms with van der Waals surface area (Å²) < 4.78 is 0. The zero-order chi connectivity index (χ0) is 12.6. The Morgan fingerprint density at radius 1 is 0.944 bits per heavy atom. The molecule has 1 atom stereocenters. The number of carbonyl (C=O) groups is 1. The van der Waals surface area contributed by atoms with E-state index in [0.29, 0.717) is 6.42 Å². The van der Waals surface area contributed by atoms with E-state index in [-0.39, 0.29) is 5.92 Å². The van der Waals surface area contributed by atoms with E-state index in [2.05, 4.69) is 11.8 Å². The molecule has 1 nitrogen and oxygen atoms in total. The highest BCUT2D eigenvalue weighted by molar-refractivity contribution is 5.62. The lowest BCUT2D eigenvalue weighted by atomic mass is 9.97. The number of benzene rings is 2. The molecule has 0 saturated heterocycles. The van der Waals surface area contributed by atoms with Crippen LogP contribution in [0, 0.1) is 11.8 Å². The highest BCUT2D eigenvalue weighted by Gasteiger charge is 2.07. The molecule has 2 aromatic carbocycles. The lowest BCUT2D eigenvalue weighted by Crippen LogP contribution is -1.98.